The smallest absolute Gasteiger partial charge is 0.161 e. The number of ether oxygens (including phenoxy) is 2. The van der Waals surface area contributed by atoms with Crippen LogP contribution in [-0.4, -0.2) is 19.8 Å². The third-order valence-corrected chi connectivity index (χ3v) is 4.61. The highest BCUT2D eigenvalue weighted by Crippen LogP contribution is 2.33. The van der Waals surface area contributed by atoms with Crippen LogP contribution in [-0.2, 0) is 6.42 Å². The zero-order valence-corrected chi connectivity index (χ0v) is 13.1. The van der Waals surface area contributed by atoms with E-state index in [2.05, 4.69) is 41.9 Å². The third-order valence-electron chi connectivity index (χ3n) is 3.68. The van der Waals surface area contributed by atoms with Crippen molar-refractivity contribution in [3.05, 3.63) is 46.2 Å². The van der Waals surface area contributed by atoms with E-state index in [0.717, 1.165) is 30.9 Å². The van der Waals surface area contributed by atoms with Gasteiger partial charge in [-0.3, -0.25) is 0 Å². The number of thiophene rings is 1. The molecular formula is C17H21NO2S. The SMILES string of the molecule is CCNC(CCc1cccs1)c1ccc2c(c1)OCCO2. The van der Waals surface area contributed by atoms with Crippen LogP contribution in [0, 0.1) is 0 Å². The summed E-state index contributed by atoms with van der Waals surface area (Å²) >= 11 is 1.83. The molecule has 1 N–H and O–H groups in total. The lowest BCUT2D eigenvalue weighted by atomic mass is 10.0. The van der Waals surface area contributed by atoms with Gasteiger partial charge in [-0.25, -0.2) is 0 Å². The first-order valence-electron chi connectivity index (χ1n) is 7.52. The minimum absolute atomic E-state index is 0.355. The van der Waals surface area contributed by atoms with Gasteiger partial charge >= 0.3 is 0 Å². The molecule has 0 fully saturated rings. The summed E-state index contributed by atoms with van der Waals surface area (Å²) in [6.07, 6.45) is 2.19. The lowest BCUT2D eigenvalue weighted by molar-refractivity contribution is 0.171. The topological polar surface area (TPSA) is 30.5 Å². The summed E-state index contributed by atoms with van der Waals surface area (Å²) in [6.45, 7) is 4.39. The summed E-state index contributed by atoms with van der Waals surface area (Å²) in [4.78, 5) is 1.44. The van der Waals surface area contributed by atoms with E-state index in [-0.39, 0.29) is 0 Å². The molecule has 2 heterocycles. The Morgan fingerprint density at radius 1 is 1.19 bits per heavy atom. The van der Waals surface area contributed by atoms with E-state index in [0.29, 0.717) is 19.3 Å². The molecule has 3 rings (SSSR count). The molecule has 1 aromatic heterocycles. The maximum Gasteiger partial charge on any atom is 0.161 e. The van der Waals surface area contributed by atoms with Gasteiger partial charge in [-0.1, -0.05) is 19.1 Å². The molecule has 3 nitrogen and oxygen atoms in total. The van der Waals surface area contributed by atoms with Crippen molar-refractivity contribution >= 4 is 11.3 Å². The van der Waals surface area contributed by atoms with Crippen LogP contribution in [0.2, 0.25) is 0 Å². The van der Waals surface area contributed by atoms with E-state index >= 15 is 0 Å². The molecular weight excluding hydrogens is 282 g/mol. The van der Waals surface area contributed by atoms with Gasteiger partial charge in [-0.2, -0.15) is 0 Å². The van der Waals surface area contributed by atoms with E-state index < -0.39 is 0 Å². The highest BCUT2D eigenvalue weighted by molar-refractivity contribution is 7.09. The van der Waals surface area contributed by atoms with Gasteiger partial charge in [0.05, 0.1) is 0 Å². The van der Waals surface area contributed by atoms with E-state index in [1.807, 2.05) is 17.4 Å². The Balaban J connectivity index is 1.73. The van der Waals surface area contributed by atoms with Crippen LogP contribution in [0.25, 0.3) is 0 Å². The summed E-state index contributed by atoms with van der Waals surface area (Å²) in [5.74, 6) is 1.73. The first-order valence-corrected chi connectivity index (χ1v) is 8.40. The third kappa shape index (κ3) is 3.57. The number of rotatable bonds is 6. The average Bonchev–Trinajstić information content (AvgIpc) is 3.04. The summed E-state index contributed by atoms with van der Waals surface area (Å²) in [5, 5.41) is 5.72. The fourth-order valence-electron chi connectivity index (χ4n) is 2.65. The maximum atomic E-state index is 5.69. The normalized spacial score (nSPS) is 14.9. The average molecular weight is 303 g/mol. The Labute approximate surface area is 129 Å². The molecule has 2 aromatic rings. The molecule has 1 unspecified atom stereocenters. The Morgan fingerprint density at radius 2 is 2.05 bits per heavy atom. The van der Waals surface area contributed by atoms with Gasteiger partial charge in [0.2, 0.25) is 0 Å². The fraction of sp³-hybridized carbons (Fsp3) is 0.412. The minimum Gasteiger partial charge on any atom is -0.486 e. The lowest BCUT2D eigenvalue weighted by Gasteiger charge is -2.22. The number of hydrogen-bond acceptors (Lipinski definition) is 4. The van der Waals surface area contributed by atoms with Crippen molar-refractivity contribution in [2.75, 3.05) is 19.8 Å². The van der Waals surface area contributed by atoms with Gasteiger partial charge in [0.15, 0.2) is 11.5 Å². The number of hydrogen-bond donors (Lipinski definition) is 1. The highest BCUT2D eigenvalue weighted by Gasteiger charge is 2.16. The first kappa shape index (κ1) is 14.4. The van der Waals surface area contributed by atoms with Crippen LogP contribution >= 0.6 is 11.3 Å². The predicted octanol–water partition coefficient (Wildman–Crippen LogP) is 3.80. The first-order chi connectivity index (χ1) is 10.4. The molecule has 21 heavy (non-hydrogen) atoms. The molecule has 0 aliphatic carbocycles. The maximum absolute atomic E-state index is 5.69. The van der Waals surface area contributed by atoms with Gasteiger partial charge in [0, 0.05) is 10.9 Å². The molecule has 4 heteroatoms. The summed E-state index contributed by atoms with van der Waals surface area (Å²) in [7, 11) is 0. The van der Waals surface area contributed by atoms with Crippen LogP contribution < -0.4 is 14.8 Å². The van der Waals surface area contributed by atoms with Crippen LogP contribution in [0.3, 0.4) is 0 Å². The van der Waals surface area contributed by atoms with Crippen molar-refractivity contribution < 1.29 is 9.47 Å². The second-order valence-corrected chi connectivity index (χ2v) is 6.16. The van der Waals surface area contributed by atoms with Crippen LogP contribution in [0.5, 0.6) is 11.5 Å². The summed E-state index contributed by atoms with van der Waals surface area (Å²) in [5.41, 5.74) is 1.28. The Bertz CT molecular complexity index is 568. The molecule has 0 amide bonds. The molecule has 1 atom stereocenters. The highest BCUT2D eigenvalue weighted by atomic mass is 32.1. The van der Waals surface area contributed by atoms with E-state index in [4.69, 9.17) is 9.47 Å². The molecule has 0 saturated heterocycles. The predicted molar refractivity (Wildman–Crippen MR) is 86.5 cm³/mol. The van der Waals surface area contributed by atoms with Crippen molar-refractivity contribution in [1.29, 1.82) is 0 Å². The van der Waals surface area contributed by atoms with Gasteiger partial charge in [0.25, 0.3) is 0 Å². The lowest BCUT2D eigenvalue weighted by Crippen LogP contribution is -2.22. The van der Waals surface area contributed by atoms with Crippen molar-refractivity contribution in [2.24, 2.45) is 0 Å². The molecule has 1 aliphatic heterocycles. The molecule has 0 spiro atoms. The standard InChI is InChI=1S/C17H21NO2S/c1-2-18-15(7-6-14-4-3-11-21-14)13-5-8-16-17(12-13)20-10-9-19-16/h3-5,8,11-12,15,18H,2,6-7,9-10H2,1H3. The van der Waals surface area contributed by atoms with Crippen LogP contribution in [0.1, 0.15) is 29.8 Å². The molecule has 1 aliphatic rings. The molecule has 112 valence electrons. The number of aryl methyl sites for hydroxylation is 1. The van der Waals surface area contributed by atoms with Crippen LogP contribution in [0.15, 0.2) is 35.7 Å². The van der Waals surface area contributed by atoms with E-state index in [1.165, 1.54) is 10.4 Å². The number of fused-ring (bicyclic) bond motifs is 1. The van der Waals surface area contributed by atoms with Crippen molar-refractivity contribution in [2.45, 2.75) is 25.8 Å². The Hall–Kier alpha value is -1.52. The Kier molecular flexibility index (Phi) is 4.78. The summed E-state index contributed by atoms with van der Waals surface area (Å²) in [6, 6.07) is 11.0. The zero-order chi connectivity index (χ0) is 14.5. The molecule has 0 bridgehead atoms. The van der Waals surface area contributed by atoms with Crippen LogP contribution in [0.4, 0.5) is 0 Å². The van der Waals surface area contributed by atoms with Crippen molar-refractivity contribution in [3.8, 4) is 11.5 Å². The van der Waals surface area contributed by atoms with Crippen molar-refractivity contribution in [1.82, 2.24) is 5.32 Å². The van der Waals surface area contributed by atoms with E-state index in [9.17, 15) is 0 Å². The van der Waals surface area contributed by atoms with Crippen molar-refractivity contribution in [3.63, 3.8) is 0 Å². The second kappa shape index (κ2) is 6.96. The minimum atomic E-state index is 0.355. The molecule has 1 aromatic carbocycles. The monoisotopic (exact) mass is 303 g/mol. The summed E-state index contributed by atoms with van der Waals surface area (Å²) < 4.78 is 11.3. The fourth-order valence-corrected chi connectivity index (χ4v) is 3.38. The van der Waals surface area contributed by atoms with Gasteiger partial charge in [-0.05, 0) is 48.5 Å². The number of benzene rings is 1. The van der Waals surface area contributed by atoms with Gasteiger partial charge in [-0.15, -0.1) is 11.3 Å². The van der Waals surface area contributed by atoms with Gasteiger partial charge < -0.3 is 14.8 Å². The largest absolute Gasteiger partial charge is 0.486 e. The number of nitrogens with one attached hydrogen (secondary N) is 1. The second-order valence-electron chi connectivity index (χ2n) is 5.13. The van der Waals surface area contributed by atoms with E-state index in [1.54, 1.807) is 0 Å². The van der Waals surface area contributed by atoms with Gasteiger partial charge in [0.1, 0.15) is 13.2 Å². The zero-order valence-electron chi connectivity index (χ0n) is 12.3. The quantitative estimate of drug-likeness (QED) is 0.880. The molecule has 0 radical (unpaired) electrons. The molecule has 0 saturated carbocycles. The Morgan fingerprint density at radius 3 is 2.81 bits per heavy atom.